The van der Waals surface area contributed by atoms with E-state index in [1.807, 2.05) is 6.92 Å². The molecule has 1 fully saturated rings. The fourth-order valence-corrected chi connectivity index (χ4v) is 5.90. The lowest BCUT2D eigenvalue weighted by Gasteiger charge is -2.17. The van der Waals surface area contributed by atoms with Gasteiger partial charge in [0.2, 0.25) is 11.8 Å². The van der Waals surface area contributed by atoms with Gasteiger partial charge in [0, 0.05) is 37.7 Å². The summed E-state index contributed by atoms with van der Waals surface area (Å²) in [6.45, 7) is 2.63. The van der Waals surface area contributed by atoms with Gasteiger partial charge in [0.1, 0.15) is 12.6 Å². The molecule has 1 aliphatic rings. The average Bonchev–Trinajstić information content (AvgIpc) is 3.52. The molecule has 1 saturated heterocycles. The summed E-state index contributed by atoms with van der Waals surface area (Å²) in [5.74, 6) is 1.13. The lowest BCUT2D eigenvalue weighted by molar-refractivity contribution is -0.121. The summed E-state index contributed by atoms with van der Waals surface area (Å²) in [4.78, 5) is 37.4. The SMILES string of the molecule is C[C@H]1C(n2cnc3c(NC(=O)CCCCCNC(=O)CCCCCO)ncnc32)OC(CSCCC(N)C(O)=S)[C@H]1O. The molecule has 234 valence electrons. The molecule has 0 radical (unpaired) electrons. The van der Waals surface area contributed by atoms with Crippen LogP contribution in [0.2, 0.25) is 0 Å². The summed E-state index contributed by atoms with van der Waals surface area (Å²) in [6.07, 6.45) is 7.24. The molecule has 0 saturated carbocycles. The summed E-state index contributed by atoms with van der Waals surface area (Å²) in [6, 6.07) is -0.543. The van der Waals surface area contributed by atoms with Crippen LogP contribution in [0, 0.1) is 5.92 Å². The number of carbonyl (C=O) groups excluding carboxylic acids is 2. The van der Waals surface area contributed by atoms with Gasteiger partial charge in [0.15, 0.2) is 22.0 Å². The number of aliphatic hydroxyl groups excluding tert-OH is 3. The molecule has 1 aliphatic heterocycles. The number of rotatable bonds is 19. The standard InChI is InChI=1S/C27H43N7O6S2/c1-17-23(38)19(14-42-13-10-18(28)27(39)41)40-26(17)34-16-32-22-24(30-15-31-25(22)34)33-21(37)9-4-2-6-11-29-20(36)8-5-3-7-12-35/h15-19,23,26,35,38H,2-14,28H2,1H3,(H,29,36)(H,39,41)(H,30,31,33,37)/t17-,18?,19?,23+,26?/m1/s1. The predicted molar refractivity (Wildman–Crippen MR) is 165 cm³/mol. The Bertz CT molecular complexity index is 1170. The number of ether oxygens (including phenoxy) is 1. The molecule has 7 N–H and O–H groups in total. The van der Waals surface area contributed by atoms with Crippen LogP contribution < -0.4 is 16.4 Å². The van der Waals surface area contributed by atoms with E-state index < -0.39 is 24.5 Å². The van der Waals surface area contributed by atoms with Gasteiger partial charge in [0.05, 0.1) is 24.6 Å². The van der Waals surface area contributed by atoms with Crippen LogP contribution in [0.5, 0.6) is 0 Å². The highest BCUT2D eigenvalue weighted by atomic mass is 32.2. The minimum Gasteiger partial charge on any atom is -0.501 e. The second kappa shape index (κ2) is 17.6. The van der Waals surface area contributed by atoms with Gasteiger partial charge in [-0.05, 0) is 50.1 Å². The highest BCUT2D eigenvalue weighted by Crippen LogP contribution is 2.37. The number of amides is 2. The average molecular weight is 626 g/mol. The first-order valence-corrected chi connectivity index (χ1v) is 16.0. The van der Waals surface area contributed by atoms with Crippen molar-refractivity contribution < 1.29 is 29.6 Å². The van der Waals surface area contributed by atoms with Crippen molar-refractivity contribution in [2.24, 2.45) is 11.7 Å². The van der Waals surface area contributed by atoms with E-state index in [1.54, 1.807) is 22.7 Å². The van der Waals surface area contributed by atoms with Gasteiger partial charge >= 0.3 is 0 Å². The number of nitrogens with one attached hydrogen (secondary N) is 2. The lowest BCUT2D eigenvalue weighted by atomic mass is 10.0. The molecule has 5 atom stereocenters. The molecule has 2 aromatic rings. The normalized spacial score (nSPS) is 21.0. The number of nitrogens with two attached hydrogens (primary N) is 1. The van der Waals surface area contributed by atoms with Crippen molar-refractivity contribution in [3.05, 3.63) is 12.7 Å². The second-order valence-corrected chi connectivity index (χ2v) is 12.1. The van der Waals surface area contributed by atoms with Crippen LogP contribution in [-0.2, 0) is 14.3 Å². The Balaban J connectivity index is 1.45. The van der Waals surface area contributed by atoms with E-state index in [9.17, 15) is 19.8 Å². The Labute approximate surface area is 255 Å². The quantitative estimate of drug-likeness (QED) is 0.0985. The number of anilines is 1. The molecule has 3 heterocycles. The summed E-state index contributed by atoms with van der Waals surface area (Å²) in [5.41, 5.74) is 6.69. The molecule has 0 aliphatic carbocycles. The van der Waals surface area contributed by atoms with Crippen LogP contribution in [0.15, 0.2) is 12.7 Å². The third-order valence-corrected chi connectivity index (χ3v) is 8.60. The monoisotopic (exact) mass is 625 g/mol. The largest absolute Gasteiger partial charge is 0.501 e. The molecular weight excluding hydrogens is 582 g/mol. The first-order valence-electron chi connectivity index (χ1n) is 14.5. The molecular formula is C27H43N7O6S2. The number of fused-ring (bicyclic) bond motifs is 1. The molecule has 0 spiro atoms. The van der Waals surface area contributed by atoms with Gasteiger partial charge in [-0.2, -0.15) is 11.8 Å². The van der Waals surface area contributed by atoms with Gasteiger partial charge in [-0.25, -0.2) is 15.0 Å². The first kappa shape index (κ1) is 34.1. The predicted octanol–water partition coefficient (Wildman–Crippen LogP) is 2.22. The van der Waals surface area contributed by atoms with Crippen molar-refractivity contribution in [3.8, 4) is 0 Å². The van der Waals surface area contributed by atoms with Gasteiger partial charge in [0.25, 0.3) is 0 Å². The third kappa shape index (κ3) is 10.1. The number of hydrogen-bond donors (Lipinski definition) is 6. The minimum absolute atomic E-state index is 0.0178. The molecule has 0 bridgehead atoms. The van der Waals surface area contributed by atoms with Crippen molar-refractivity contribution in [3.63, 3.8) is 0 Å². The zero-order valence-electron chi connectivity index (χ0n) is 24.0. The number of imidazole rings is 1. The maximum Gasteiger partial charge on any atom is 0.225 e. The maximum absolute atomic E-state index is 12.6. The second-order valence-electron chi connectivity index (χ2n) is 10.5. The van der Waals surface area contributed by atoms with E-state index in [0.29, 0.717) is 60.7 Å². The highest BCUT2D eigenvalue weighted by Gasteiger charge is 2.42. The maximum atomic E-state index is 12.6. The van der Waals surface area contributed by atoms with E-state index in [0.717, 1.165) is 32.1 Å². The molecule has 13 nitrogen and oxygen atoms in total. The Morgan fingerprint density at radius 1 is 1.14 bits per heavy atom. The number of thiocarbonyl (C=S) groups is 1. The van der Waals surface area contributed by atoms with E-state index in [-0.39, 0.29) is 29.4 Å². The molecule has 42 heavy (non-hydrogen) atoms. The van der Waals surface area contributed by atoms with Crippen LogP contribution in [0.25, 0.3) is 11.2 Å². The van der Waals surface area contributed by atoms with Crippen LogP contribution in [-0.4, -0.2) is 94.6 Å². The number of thioether (sulfide) groups is 1. The van der Waals surface area contributed by atoms with Crippen LogP contribution in [0.3, 0.4) is 0 Å². The third-order valence-electron chi connectivity index (χ3n) is 7.21. The van der Waals surface area contributed by atoms with E-state index >= 15 is 0 Å². The Morgan fingerprint density at radius 2 is 1.88 bits per heavy atom. The number of carbonyl (C=O) groups is 2. The van der Waals surface area contributed by atoms with Crippen molar-refractivity contribution in [2.75, 3.05) is 30.0 Å². The van der Waals surface area contributed by atoms with Crippen LogP contribution in [0.4, 0.5) is 5.82 Å². The molecule has 2 amide bonds. The van der Waals surface area contributed by atoms with E-state index in [4.69, 9.17) is 27.8 Å². The number of nitrogens with zero attached hydrogens (tertiary/aromatic N) is 4. The fraction of sp³-hybridized carbons (Fsp3) is 0.704. The van der Waals surface area contributed by atoms with E-state index in [1.165, 1.54) is 6.33 Å². The zero-order chi connectivity index (χ0) is 30.5. The summed E-state index contributed by atoms with van der Waals surface area (Å²) in [7, 11) is 0. The van der Waals surface area contributed by atoms with Gasteiger partial charge in [-0.15, -0.1) is 0 Å². The van der Waals surface area contributed by atoms with Crippen molar-refractivity contribution in [1.29, 1.82) is 0 Å². The highest BCUT2D eigenvalue weighted by molar-refractivity contribution is 7.99. The molecule has 3 unspecified atom stereocenters. The lowest BCUT2D eigenvalue weighted by Crippen LogP contribution is -2.30. The molecule has 15 heteroatoms. The Kier molecular flexibility index (Phi) is 14.3. The van der Waals surface area contributed by atoms with Gasteiger partial charge in [-0.1, -0.05) is 19.8 Å². The van der Waals surface area contributed by atoms with E-state index in [2.05, 4.69) is 25.6 Å². The van der Waals surface area contributed by atoms with Crippen LogP contribution in [0.1, 0.15) is 70.9 Å². The minimum atomic E-state index is -0.696. The number of aromatic nitrogens is 4. The topological polar surface area (TPSA) is 198 Å². The molecule has 2 aromatic heterocycles. The van der Waals surface area contributed by atoms with Crippen LogP contribution >= 0.6 is 24.0 Å². The fourth-order valence-electron chi connectivity index (χ4n) is 4.68. The van der Waals surface area contributed by atoms with Gasteiger partial charge < -0.3 is 36.4 Å². The number of hydrogen-bond acceptors (Lipinski definition) is 11. The van der Waals surface area contributed by atoms with Crippen molar-refractivity contribution >= 4 is 57.8 Å². The summed E-state index contributed by atoms with van der Waals surface area (Å²) in [5, 5.41) is 34.4. The zero-order valence-corrected chi connectivity index (χ0v) is 25.6. The number of unbranched alkanes of at least 4 members (excludes halogenated alkanes) is 4. The Morgan fingerprint density at radius 3 is 2.62 bits per heavy atom. The summed E-state index contributed by atoms with van der Waals surface area (Å²) >= 11 is 6.26. The van der Waals surface area contributed by atoms with Crippen molar-refractivity contribution in [1.82, 2.24) is 24.8 Å². The smallest absolute Gasteiger partial charge is 0.225 e. The molecule has 0 aromatic carbocycles. The van der Waals surface area contributed by atoms with Gasteiger partial charge in [-0.3, -0.25) is 14.2 Å². The van der Waals surface area contributed by atoms with Crippen molar-refractivity contribution in [2.45, 2.75) is 89.2 Å². The Hall–Kier alpha value is -2.43. The first-order chi connectivity index (χ1) is 20.2. The number of aliphatic hydroxyl groups is 3. The summed E-state index contributed by atoms with van der Waals surface area (Å²) < 4.78 is 7.96. The molecule has 3 rings (SSSR count).